The van der Waals surface area contributed by atoms with Crippen molar-refractivity contribution >= 4 is 5.91 Å². The Morgan fingerprint density at radius 2 is 0.872 bits per heavy atom. The second-order valence-corrected chi connectivity index (χ2v) is 11.9. The maximum Gasteiger partial charge on any atom is 0.249 e. The first-order valence-corrected chi connectivity index (χ1v) is 16.9. The van der Waals surface area contributed by atoms with E-state index < -0.39 is 36.9 Å². The van der Waals surface area contributed by atoms with Gasteiger partial charge in [0.1, 0.15) is 12.2 Å². The standard InChI is InChI=1S/C33H67NO5/c1-3-5-7-8-9-10-11-12-13-14-15-16-17-18-19-20-21-22-23-25-27-31(37)33(39)34-29(28-35)32(38)30(36)26-24-6-4-2/h29-32,35-38H,3-28H2,1-2H3,(H,34,39). The molecule has 4 atom stereocenters. The topological polar surface area (TPSA) is 110 Å². The summed E-state index contributed by atoms with van der Waals surface area (Å²) in [5, 5.41) is 42.6. The van der Waals surface area contributed by atoms with Gasteiger partial charge in [-0.2, -0.15) is 0 Å². The summed E-state index contributed by atoms with van der Waals surface area (Å²) in [6.45, 7) is 3.85. The van der Waals surface area contributed by atoms with Crippen LogP contribution < -0.4 is 5.32 Å². The molecule has 0 heterocycles. The zero-order valence-electron chi connectivity index (χ0n) is 25.9. The molecule has 0 spiro atoms. The summed E-state index contributed by atoms with van der Waals surface area (Å²) in [5.41, 5.74) is 0. The molecule has 0 aliphatic heterocycles. The molecule has 0 radical (unpaired) electrons. The maximum atomic E-state index is 12.3. The molecule has 1 amide bonds. The molecule has 0 saturated carbocycles. The first-order valence-electron chi connectivity index (χ1n) is 16.9. The number of unbranched alkanes of at least 4 members (excludes halogenated alkanes) is 21. The SMILES string of the molecule is CCCCCCCCCCCCCCCCCCCCCCC(O)C(=O)NC(CO)C(O)C(O)CCCCC. The van der Waals surface area contributed by atoms with Crippen LogP contribution in [0.1, 0.15) is 174 Å². The molecule has 39 heavy (non-hydrogen) atoms. The minimum absolute atomic E-state index is 0.373. The van der Waals surface area contributed by atoms with Crippen molar-refractivity contribution in [2.75, 3.05) is 6.61 Å². The van der Waals surface area contributed by atoms with Gasteiger partial charge in [0.25, 0.3) is 0 Å². The molecule has 0 rings (SSSR count). The third-order valence-electron chi connectivity index (χ3n) is 8.07. The lowest BCUT2D eigenvalue weighted by Crippen LogP contribution is -2.53. The predicted octanol–water partition coefficient (Wildman–Crippen LogP) is 7.34. The van der Waals surface area contributed by atoms with Crippen LogP contribution in [0, 0.1) is 0 Å². The van der Waals surface area contributed by atoms with Crippen molar-refractivity contribution in [3.8, 4) is 0 Å². The number of carbonyl (C=O) groups excluding carboxylic acids is 1. The number of rotatable bonds is 30. The summed E-state index contributed by atoms with van der Waals surface area (Å²) in [6, 6.07) is -0.973. The van der Waals surface area contributed by atoms with E-state index in [9.17, 15) is 25.2 Å². The number of aliphatic hydroxyl groups excluding tert-OH is 4. The lowest BCUT2D eigenvalue weighted by Gasteiger charge is -2.27. The maximum absolute atomic E-state index is 12.3. The second-order valence-electron chi connectivity index (χ2n) is 11.9. The predicted molar refractivity (Wildman–Crippen MR) is 164 cm³/mol. The van der Waals surface area contributed by atoms with Gasteiger partial charge in [0.2, 0.25) is 5.91 Å². The number of hydrogen-bond donors (Lipinski definition) is 5. The molecule has 5 N–H and O–H groups in total. The Labute approximate surface area is 241 Å². The van der Waals surface area contributed by atoms with E-state index in [2.05, 4.69) is 19.2 Å². The molecule has 6 heteroatoms. The molecule has 0 aromatic heterocycles. The summed E-state index contributed by atoms with van der Waals surface area (Å²) in [6.07, 6.45) is 26.4. The van der Waals surface area contributed by atoms with E-state index >= 15 is 0 Å². The summed E-state index contributed by atoms with van der Waals surface area (Å²) in [5.74, 6) is -0.591. The van der Waals surface area contributed by atoms with Crippen molar-refractivity contribution in [2.45, 2.75) is 199 Å². The van der Waals surface area contributed by atoms with Gasteiger partial charge in [-0.05, 0) is 12.8 Å². The van der Waals surface area contributed by atoms with Crippen LogP contribution in [-0.4, -0.2) is 57.3 Å². The summed E-state index contributed by atoms with van der Waals surface area (Å²) in [4.78, 5) is 12.3. The summed E-state index contributed by atoms with van der Waals surface area (Å²) >= 11 is 0. The highest BCUT2D eigenvalue weighted by atomic mass is 16.3. The molecule has 0 fully saturated rings. The number of amides is 1. The van der Waals surface area contributed by atoms with Crippen molar-refractivity contribution < 1.29 is 25.2 Å². The van der Waals surface area contributed by atoms with Gasteiger partial charge in [-0.1, -0.05) is 162 Å². The third kappa shape index (κ3) is 23.7. The molecule has 6 nitrogen and oxygen atoms in total. The largest absolute Gasteiger partial charge is 0.394 e. The molecule has 234 valence electrons. The van der Waals surface area contributed by atoms with E-state index in [4.69, 9.17) is 0 Å². The monoisotopic (exact) mass is 558 g/mol. The van der Waals surface area contributed by atoms with E-state index in [1.165, 1.54) is 109 Å². The fraction of sp³-hybridized carbons (Fsp3) is 0.970. The van der Waals surface area contributed by atoms with E-state index in [1.54, 1.807) is 0 Å². The summed E-state index contributed by atoms with van der Waals surface area (Å²) in [7, 11) is 0. The first kappa shape index (κ1) is 38.3. The van der Waals surface area contributed by atoms with Crippen LogP contribution in [0.15, 0.2) is 0 Å². The van der Waals surface area contributed by atoms with E-state index in [0.29, 0.717) is 12.8 Å². The van der Waals surface area contributed by atoms with Gasteiger partial charge in [-0.3, -0.25) is 4.79 Å². The number of carbonyl (C=O) groups is 1. The Bertz CT molecular complexity index is 518. The van der Waals surface area contributed by atoms with E-state index in [0.717, 1.165) is 38.5 Å². The molecule has 0 aliphatic rings. The Hall–Kier alpha value is -0.690. The van der Waals surface area contributed by atoms with Crippen LogP contribution in [-0.2, 0) is 4.79 Å². The highest BCUT2D eigenvalue weighted by Crippen LogP contribution is 2.16. The second kappa shape index (κ2) is 28.8. The number of aliphatic hydroxyl groups is 4. The van der Waals surface area contributed by atoms with Crippen molar-refractivity contribution in [1.29, 1.82) is 0 Å². The molecular formula is C33H67NO5. The molecule has 0 bridgehead atoms. The van der Waals surface area contributed by atoms with Gasteiger partial charge >= 0.3 is 0 Å². The van der Waals surface area contributed by atoms with Crippen LogP contribution >= 0.6 is 0 Å². The first-order chi connectivity index (χ1) is 19.0. The van der Waals surface area contributed by atoms with Crippen LogP contribution in [0.3, 0.4) is 0 Å². The fourth-order valence-corrected chi connectivity index (χ4v) is 5.28. The molecule has 0 aromatic carbocycles. The van der Waals surface area contributed by atoms with Gasteiger partial charge in [0, 0.05) is 0 Å². The minimum Gasteiger partial charge on any atom is -0.394 e. The lowest BCUT2D eigenvalue weighted by atomic mass is 10.00. The molecule has 0 aromatic rings. The number of nitrogens with one attached hydrogen (secondary N) is 1. The Morgan fingerprint density at radius 3 is 1.26 bits per heavy atom. The Kier molecular flexibility index (Phi) is 28.3. The molecule has 0 aliphatic carbocycles. The quantitative estimate of drug-likeness (QED) is 0.0594. The highest BCUT2D eigenvalue weighted by molar-refractivity contribution is 5.80. The van der Waals surface area contributed by atoms with Crippen LogP contribution in [0.2, 0.25) is 0 Å². The average molecular weight is 558 g/mol. The number of hydrogen-bond acceptors (Lipinski definition) is 5. The lowest BCUT2D eigenvalue weighted by molar-refractivity contribution is -0.132. The molecule has 4 unspecified atom stereocenters. The van der Waals surface area contributed by atoms with Gasteiger partial charge in [-0.25, -0.2) is 0 Å². The molecular weight excluding hydrogens is 490 g/mol. The van der Waals surface area contributed by atoms with E-state index in [1.807, 2.05) is 0 Å². The van der Waals surface area contributed by atoms with Gasteiger partial charge in [0.15, 0.2) is 0 Å². The fourth-order valence-electron chi connectivity index (χ4n) is 5.28. The van der Waals surface area contributed by atoms with Crippen molar-refractivity contribution in [3.05, 3.63) is 0 Å². The minimum atomic E-state index is -1.25. The van der Waals surface area contributed by atoms with Crippen LogP contribution in [0.5, 0.6) is 0 Å². The van der Waals surface area contributed by atoms with Gasteiger partial charge < -0.3 is 25.7 Å². The third-order valence-corrected chi connectivity index (χ3v) is 8.07. The van der Waals surface area contributed by atoms with Crippen LogP contribution in [0.25, 0.3) is 0 Å². The highest BCUT2D eigenvalue weighted by Gasteiger charge is 2.28. The smallest absolute Gasteiger partial charge is 0.249 e. The zero-order chi connectivity index (χ0) is 29.0. The van der Waals surface area contributed by atoms with E-state index in [-0.39, 0.29) is 0 Å². The van der Waals surface area contributed by atoms with Crippen LogP contribution in [0.4, 0.5) is 0 Å². The van der Waals surface area contributed by atoms with Crippen molar-refractivity contribution in [1.82, 2.24) is 5.32 Å². The van der Waals surface area contributed by atoms with Crippen molar-refractivity contribution in [3.63, 3.8) is 0 Å². The van der Waals surface area contributed by atoms with Gasteiger partial charge in [-0.15, -0.1) is 0 Å². The Morgan fingerprint density at radius 1 is 0.538 bits per heavy atom. The molecule has 0 saturated heterocycles. The van der Waals surface area contributed by atoms with Crippen molar-refractivity contribution in [2.24, 2.45) is 0 Å². The van der Waals surface area contributed by atoms with Gasteiger partial charge in [0.05, 0.1) is 18.8 Å². The summed E-state index contributed by atoms with van der Waals surface area (Å²) < 4.78 is 0. The zero-order valence-corrected chi connectivity index (χ0v) is 25.9. The average Bonchev–Trinajstić information content (AvgIpc) is 2.94. The normalized spacial score (nSPS) is 14.7. The Balaban J connectivity index is 3.58.